The molecule has 0 bridgehead atoms. The molecule has 1 heterocycles. The predicted octanol–water partition coefficient (Wildman–Crippen LogP) is 5.52. The maximum Gasteiger partial charge on any atom is 0.319 e. The second kappa shape index (κ2) is 9.36. The minimum atomic E-state index is -0.310. The van der Waals surface area contributed by atoms with Crippen LogP contribution >= 0.6 is 11.6 Å². The van der Waals surface area contributed by atoms with E-state index >= 15 is 0 Å². The molecule has 31 heavy (non-hydrogen) atoms. The van der Waals surface area contributed by atoms with Crippen LogP contribution in [0.5, 0.6) is 5.75 Å². The third-order valence-electron chi connectivity index (χ3n) is 4.72. The van der Waals surface area contributed by atoms with Gasteiger partial charge in [-0.05, 0) is 60.7 Å². The zero-order chi connectivity index (χ0) is 21.6. The number of nitrogens with one attached hydrogen (secondary N) is 2. The van der Waals surface area contributed by atoms with Crippen LogP contribution in [0.3, 0.4) is 0 Å². The van der Waals surface area contributed by atoms with Gasteiger partial charge in [-0.3, -0.25) is 0 Å². The lowest BCUT2D eigenvalue weighted by Gasteiger charge is -2.08. The summed E-state index contributed by atoms with van der Waals surface area (Å²) in [5.74, 6) is 0.772. The Labute approximate surface area is 185 Å². The molecule has 0 aliphatic rings. The number of nitrogens with zero attached hydrogens (tertiary/aromatic N) is 2. The van der Waals surface area contributed by atoms with Gasteiger partial charge < -0.3 is 15.4 Å². The molecule has 4 aromatic rings. The van der Waals surface area contributed by atoms with E-state index in [0.717, 1.165) is 28.3 Å². The number of anilines is 1. The first-order valence-corrected chi connectivity index (χ1v) is 10.1. The van der Waals surface area contributed by atoms with Gasteiger partial charge in [-0.2, -0.15) is 5.10 Å². The summed E-state index contributed by atoms with van der Waals surface area (Å²) in [5, 5.41) is 11.1. The first kappa shape index (κ1) is 20.5. The molecule has 3 aromatic carbocycles. The lowest BCUT2D eigenvalue weighted by atomic mass is 10.1. The molecule has 2 amide bonds. The summed E-state index contributed by atoms with van der Waals surface area (Å²) >= 11 is 5.89. The second-order valence-electron chi connectivity index (χ2n) is 6.83. The quantitative estimate of drug-likeness (QED) is 0.421. The Morgan fingerprint density at radius 2 is 1.71 bits per heavy atom. The predicted molar refractivity (Wildman–Crippen MR) is 123 cm³/mol. The third kappa shape index (κ3) is 5.05. The Hall–Kier alpha value is -3.77. The molecule has 0 radical (unpaired) electrons. The fourth-order valence-corrected chi connectivity index (χ4v) is 3.25. The van der Waals surface area contributed by atoms with Gasteiger partial charge in [-0.1, -0.05) is 29.8 Å². The summed E-state index contributed by atoms with van der Waals surface area (Å²) in [6, 6.07) is 24.2. The number of halogens is 1. The van der Waals surface area contributed by atoms with Crippen LogP contribution in [0, 0.1) is 0 Å². The van der Waals surface area contributed by atoms with E-state index in [4.69, 9.17) is 21.4 Å². The zero-order valence-electron chi connectivity index (χ0n) is 16.9. The molecule has 0 fully saturated rings. The Balaban J connectivity index is 1.56. The van der Waals surface area contributed by atoms with Gasteiger partial charge in [0.2, 0.25) is 0 Å². The lowest BCUT2D eigenvalue weighted by molar-refractivity contribution is 0.252. The fraction of sp³-hybridized carbons (Fsp3) is 0.0833. The number of methoxy groups -OCH3 is 1. The average Bonchev–Trinajstić information content (AvgIpc) is 3.24. The Kier molecular flexibility index (Phi) is 6.19. The monoisotopic (exact) mass is 432 g/mol. The van der Waals surface area contributed by atoms with E-state index in [1.54, 1.807) is 31.4 Å². The van der Waals surface area contributed by atoms with Gasteiger partial charge in [-0.15, -0.1) is 0 Å². The normalized spacial score (nSPS) is 10.5. The average molecular weight is 433 g/mol. The van der Waals surface area contributed by atoms with Gasteiger partial charge in [0.15, 0.2) is 0 Å². The Morgan fingerprint density at radius 3 is 2.39 bits per heavy atom. The van der Waals surface area contributed by atoms with Crippen molar-refractivity contribution in [3.8, 4) is 22.7 Å². The number of ether oxygens (including phenoxy) is 1. The lowest BCUT2D eigenvalue weighted by Crippen LogP contribution is -2.28. The third-order valence-corrected chi connectivity index (χ3v) is 4.97. The van der Waals surface area contributed by atoms with Crippen molar-refractivity contribution in [3.63, 3.8) is 0 Å². The summed E-state index contributed by atoms with van der Waals surface area (Å²) in [4.78, 5) is 12.4. The molecule has 6 nitrogen and oxygen atoms in total. The summed E-state index contributed by atoms with van der Waals surface area (Å²) in [7, 11) is 1.63. The number of para-hydroxylation sites is 1. The van der Waals surface area contributed by atoms with Crippen molar-refractivity contribution < 1.29 is 9.53 Å². The second-order valence-corrected chi connectivity index (χ2v) is 7.26. The molecule has 0 spiro atoms. The zero-order valence-corrected chi connectivity index (χ0v) is 17.6. The largest absolute Gasteiger partial charge is 0.497 e. The van der Waals surface area contributed by atoms with E-state index < -0.39 is 0 Å². The van der Waals surface area contributed by atoms with Crippen LogP contribution < -0.4 is 15.4 Å². The topological polar surface area (TPSA) is 68.2 Å². The van der Waals surface area contributed by atoms with E-state index in [-0.39, 0.29) is 6.03 Å². The minimum absolute atomic E-state index is 0.310. The van der Waals surface area contributed by atoms with Crippen LogP contribution in [0.4, 0.5) is 10.5 Å². The number of benzene rings is 3. The highest BCUT2D eigenvalue weighted by atomic mass is 35.5. The van der Waals surface area contributed by atoms with Gasteiger partial charge in [-0.25, -0.2) is 9.48 Å². The fourth-order valence-electron chi connectivity index (χ4n) is 3.13. The molecule has 156 valence electrons. The number of carbonyl (C=O) groups is 1. The van der Waals surface area contributed by atoms with Crippen LogP contribution in [0.1, 0.15) is 5.56 Å². The molecule has 0 aliphatic carbocycles. The number of urea groups is 1. The molecule has 0 saturated carbocycles. The number of hydrogen-bond donors (Lipinski definition) is 2. The summed E-state index contributed by atoms with van der Waals surface area (Å²) in [6.45, 7) is 0.313. The number of aromatic nitrogens is 2. The number of carbonyl (C=O) groups excluding carboxylic acids is 1. The highest BCUT2D eigenvalue weighted by Gasteiger charge is 2.14. The standard InChI is InChI=1S/C24H21ClN4O2/c1-31-22-13-7-17(8-14-22)23-18(16-29(28-23)21-5-3-2-4-6-21)15-26-24(30)27-20-11-9-19(25)10-12-20/h2-14,16H,15H2,1H3,(H2,26,27,30). The van der Waals surface area contributed by atoms with Gasteiger partial charge in [0.05, 0.1) is 18.5 Å². The van der Waals surface area contributed by atoms with E-state index in [1.807, 2.05) is 65.5 Å². The smallest absolute Gasteiger partial charge is 0.319 e. The van der Waals surface area contributed by atoms with Gasteiger partial charge in [0.25, 0.3) is 0 Å². The van der Waals surface area contributed by atoms with Crippen LogP contribution in [-0.4, -0.2) is 22.9 Å². The maximum atomic E-state index is 12.4. The van der Waals surface area contributed by atoms with Crippen LogP contribution in [-0.2, 0) is 6.54 Å². The molecule has 7 heteroatoms. The molecule has 0 atom stereocenters. The number of hydrogen-bond acceptors (Lipinski definition) is 3. The van der Waals surface area contributed by atoms with Crippen molar-refractivity contribution in [1.82, 2.24) is 15.1 Å². The molecule has 1 aromatic heterocycles. The Bertz CT molecular complexity index is 1160. The molecule has 2 N–H and O–H groups in total. The molecule has 4 rings (SSSR count). The van der Waals surface area contributed by atoms with E-state index in [1.165, 1.54) is 0 Å². The molecular weight excluding hydrogens is 412 g/mol. The summed E-state index contributed by atoms with van der Waals surface area (Å²) in [6.07, 6.45) is 1.93. The van der Waals surface area contributed by atoms with Crippen molar-refractivity contribution >= 4 is 23.3 Å². The minimum Gasteiger partial charge on any atom is -0.497 e. The first-order valence-electron chi connectivity index (χ1n) is 9.71. The SMILES string of the molecule is COc1ccc(-c2nn(-c3ccccc3)cc2CNC(=O)Nc2ccc(Cl)cc2)cc1. The molecule has 0 aliphatic heterocycles. The number of rotatable bonds is 6. The van der Waals surface area contributed by atoms with Crippen molar-refractivity contribution in [2.24, 2.45) is 0 Å². The summed E-state index contributed by atoms with van der Waals surface area (Å²) < 4.78 is 7.07. The van der Waals surface area contributed by atoms with Crippen molar-refractivity contribution in [2.45, 2.75) is 6.54 Å². The maximum absolute atomic E-state index is 12.4. The van der Waals surface area contributed by atoms with Gasteiger partial charge in [0.1, 0.15) is 5.75 Å². The summed E-state index contributed by atoms with van der Waals surface area (Å²) in [5.41, 5.74) is 4.22. The highest BCUT2D eigenvalue weighted by molar-refractivity contribution is 6.30. The van der Waals surface area contributed by atoms with Gasteiger partial charge >= 0.3 is 6.03 Å². The first-order chi connectivity index (χ1) is 15.1. The molecule has 0 unspecified atom stereocenters. The van der Waals surface area contributed by atoms with Crippen molar-refractivity contribution in [1.29, 1.82) is 0 Å². The van der Waals surface area contributed by atoms with E-state index in [2.05, 4.69) is 10.6 Å². The molecule has 0 saturated heterocycles. The van der Waals surface area contributed by atoms with E-state index in [0.29, 0.717) is 17.3 Å². The van der Waals surface area contributed by atoms with Crippen LogP contribution in [0.25, 0.3) is 16.9 Å². The van der Waals surface area contributed by atoms with Crippen molar-refractivity contribution in [2.75, 3.05) is 12.4 Å². The van der Waals surface area contributed by atoms with Crippen LogP contribution in [0.15, 0.2) is 85.1 Å². The highest BCUT2D eigenvalue weighted by Crippen LogP contribution is 2.26. The number of amides is 2. The van der Waals surface area contributed by atoms with E-state index in [9.17, 15) is 4.79 Å². The van der Waals surface area contributed by atoms with Crippen molar-refractivity contribution in [3.05, 3.63) is 95.6 Å². The van der Waals surface area contributed by atoms with Crippen LogP contribution in [0.2, 0.25) is 5.02 Å². The molecular formula is C24H21ClN4O2. The Morgan fingerprint density at radius 1 is 1.00 bits per heavy atom. The van der Waals surface area contributed by atoms with Gasteiger partial charge in [0, 0.05) is 34.6 Å².